The van der Waals surface area contributed by atoms with Gasteiger partial charge < -0.3 is 11.1 Å². The second-order valence-corrected chi connectivity index (χ2v) is 4.20. The Morgan fingerprint density at radius 2 is 2.32 bits per heavy atom. The Kier molecular flexibility index (Phi) is 4.63. The monoisotopic (exact) mass is 259 g/mol. The van der Waals surface area contributed by atoms with Crippen molar-refractivity contribution in [1.82, 2.24) is 20.5 Å². The molecule has 1 amide bonds. The molecule has 0 unspecified atom stereocenters. The SMILES string of the molecule is NCc1cccc(C(=O)NCCCc2ncn[nH]2)c1. The quantitative estimate of drug-likeness (QED) is 0.663. The standard InChI is InChI=1S/C13H17N5O/c14-8-10-3-1-4-11(7-10)13(19)15-6-2-5-12-16-9-17-18-12/h1,3-4,7,9H,2,5-6,8,14H2,(H,15,19)(H,16,17,18). The van der Waals surface area contributed by atoms with Crippen LogP contribution in [-0.4, -0.2) is 27.6 Å². The summed E-state index contributed by atoms with van der Waals surface area (Å²) in [6.45, 7) is 1.04. The number of carbonyl (C=O) groups is 1. The summed E-state index contributed by atoms with van der Waals surface area (Å²) >= 11 is 0. The third kappa shape index (κ3) is 3.89. The zero-order chi connectivity index (χ0) is 13.5. The van der Waals surface area contributed by atoms with Gasteiger partial charge in [-0.2, -0.15) is 5.10 Å². The lowest BCUT2D eigenvalue weighted by Crippen LogP contribution is -2.25. The van der Waals surface area contributed by atoms with Crippen LogP contribution in [0, 0.1) is 0 Å². The minimum absolute atomic E-state index is 0.0760. The Bertz CT molecular complexity index is 524. The van der Waals surface area contributed by atoms with Crippen molar-refractivity contribution < 1.29 is 4.79 Å². The van der Waals surface area contributed by atoms with Gasteiger partial charge in [0.05, 0.1) is 0 Å². The van der Waals surface area contributed by atoms with Gasteiger partial charge in [0.2, 0.25) is 0 Å². The average molecular weight is 259 g/mol. The number of aromatic amines is 1. The molecule has 0 aliphatic heterocycles. The van der Waals surface area contributed by atoms with Crippen LogP contribution in [0.2, 0.25) is 0 Å². The van der Waals surface area contributed by atoms with Crippen LogP contribution < -0.4 is 11.1 Å². The van der Waals surface area contributed by atoms with Crippen molar-refractivity contribution in [3.8, 4) is 0 Å². The summed E-state index contributed by atoms with van der Waals surface area (Å²) in [7, 11) is 0. The summed E-state index contributed by atoms with van der Waals surface area (Å²) in [5.41, 5.74) is 7.14. The fourth-order valence-corrected chi connectivity index (χ4v) is 1.75. The van der Waals surface area contributed by atoms with Crippen LogP contribution in [0.25, 0.3) is 0 Å². The first-order valence-corrected chi connectivity index (χ1v) is 6.21. The van der Waals surface area contributed by atoms with Crippen LogP contribution in [0.3, 0.4) is 0 Å². The van der Waals surface area contributed by atoms with Gasteiger partial charge >= 0.3 is 0 Å². The zero-order valence-corrected chi connectivity index (χ0v) is 10.6. The Morgan fingerprint density at radius 1 is 1.42 bits per heavy atom. The molecule has 6 nitrogen and oxygen atoms in total. The lowest BCUT2D eigenvalue weighted by atomic mass is 10.1. The zero-order valence-electron chi connectivity index (χ0n) is 10.6. The molecule has 0 bridgehead atoms. The number of nitrogens with zero attached hydrogens (tertiary/aromatic N) is 2. The number of benzene rings is 1. The third-order valence-electron chi connectivity index (χ3n) is 2.77. The lowest BCUT2D eigenvalue weighted by molar-refractivity contribution is 0.0953. The molecule has 6 heteroatoms. The maximum Gasteiger partial charge on any atom is 0.251 e. The van der Waals surface area contributed by atoms with E-state index in [4.69, 9.17) is 5.73 Å². The van der Waals surface area contributed by atoms with E-state index in [9.17, 15) is 4.79 Å². The van der Waals surface area contributed by atoms with E-state index in [-0.39, 0.29) is 5.91 Å². The molecule has 2 rings (SSSR count). The topological polar surface area (TPSA) is 96.7 Å². The fourth-order valence-electron chi connectivity index (χ4n) is 1.75. The van der Waals surface area contributed by atoms with Gasteiger partial charge in [0.15, 0.2) is 0 Å². The number of amides is 1. The molecule has 0 saturated heterocycles. The smallest absolute Gasteiger partial charge is 0.251 e. The predicted molar refractivity (Wildman–Crippen MR) is 71.4 cm³/mol. The number of hydrogen-bond acceptors (Lipinski definition) is 4. The third-order valence-corrected chi connectivity index (χ3v) is 2.77. The van der Waals surface area contributed by atoms with E-state index in [1.54, 1.807) is 6.07 Å². The number of rotatable bonds is 6. The van der Waals surface area contributed by atoms with Crippen molar-refractivity contribution >= 4 is 5.91 Å². The highest BCUT2D eigenvalue weighted by atomic mass is 16.1. The molecule has 4 N–H and O–H groups in total. The molecule has 0 radical (unpaired) electrons. The first-order valence-electron chi connectivity index (χ1n) is 6.21. The largest absolute Gasteiger partial charge is 0.352 e. The molecule has 0 saturated carbocycles. The van der Waals surface area contributed by atoms with Gasteiger partial charge in [0, 0.05) is 25.1 Å². The van der Waals surface area contributed by atoms with Crippen molar-refractivity contribution in [1.29, 1.82) is 0 Å². The van der Waals surface area contributed by atoms with Crippen LogP contribution in [0.5, 0.6) is 0 Å². The molecule has 0 aliphatic carbocycles. The van der Waals surface area contributed by atoms with E-state index in [2.05, 4.69) is 20.5 Å². The van der Waals surface area contributed by atoms with E-state index in [1.807, 2.05) is 18.2 Å². The molecule has 100 valence electrons. The summed E-state index contributed by atoms with van der Waals surface area (Å²) in [5.74, 6) is 0.757. The van der Waals surface area contributed by atoms with Crippen molar-refractivity contribution in [2.75, 3.05) is 6.54 Å². The van der Waals surface area contributed by atoms with Crippen molar-refractivity contribution in [3.63, 3.8) is 0 Å². The molecule has 0 fully saturated rings. The molecule has 1 heterocycles. The van der Waals surface area contributed by atoms with E-state index >= 15 is 0 Å². The average Bonchev–Trinajstić information content (AvgIpc) is 2.96. The van der Waals surface area contributed by atoms with Crippen LogP contribution in [-0.2, 0) is 13.0 Å². The Balaban J connectivity index is 1.77. The molecule has 0 atom stereocenters. The normalized spacial score (nSPS) is 10.4. The molecule has 19 heavy (non-hydrogen) atoms. The van der Waals surface area contributed by atoms with E-state index in [0.717, 1.165) is 24.2 Å². The number of hydrogen-bond donors (Lipinski definition) is 3. The second kappa shape index (κ2) is 6.65. The highest BCUT2D eigenvalue weighted by molar-refractivity contribution is 5.94. The highest BCUT2D eigenvalue weighted by Gasteiger charge is 2.05. The summed E-state index contributed by atoms with van der Waals surface area (Å²) in [5, 5.41) is 9.42. The van der Waals surface area contributed by atoms with Gasteiger partial charge in [-0.05, 0) is 24.1 Å². The van der Waals surface area contributed by atoms with Gasteiger partial charge in [0.25, 0.3) is 5.91 Å². The van der Waals surface area contributed by atoms with Crippen molar-refractivity contribution in [3.05, 3.63) is 47.5 Å². The number of aryl methyl sites for hydroxylation is 1. The van der Waals surface area contributed by atoms with Crippen molar-refractivity contribution in [2.24, 2.45) is 5.73 Å². The van der Waals surface area contributed by atoms with E-state index in [1.165, 1.54) is 6.33 Å². The number of nitrogens with one attached hydrogen (secondary N) is 2. The van der Waals surface area contributed by atoms with Gasteiger partial charge in [-0.3, -0.25) is 9.89 Å². The minimum Gasteiger partial charge on any atom is -0.352 e. The summed E-state index contributed by atoms with van der Waals surface area (Å²) < 4.78 is 0. The maximum absolute atomic E-state index is 11.9. The van der Waals surface area contributed by atoms with Gasteiger partial charge in [-0.25, -0.2) is 4.98 Å². The van der Waals surface area contributed by atoms with Crippen LogP contribution in [0.1, 0.15) is 28.2 Å². The molecule has 2 aromatic rings. The molecule has 1 aromatic carbocycles. The first-order chi connectivity index (χ1) is 9.29. The predicted octanol–water partition coefficient (Wildman–Crippen LogP) is 0.626. The molecular weight excluding hydrogens is 242 g/mol. The van der Waals surface area contributed by atoms with Gasteiger partial charge in [-0.15, -0.1) is 0 Å². The van der Waals surface area contributed by atoms with E-state index in [0.29, 0.717) is 18.7 Å². The Morgan fingerprint density at radius 3 is 3.05 bits per heavy atom. The van der Waals surface area contributed by atoms with Crippen LogP contribution in [0.4, 0.5) is 0 Å². The van der Waals surface area contributed by atoms with Gasteiger partial charge in [0.1, 0.15) is 12.2 Å². The van der Waals surface area contributed by atoms with Crippen molar-refractivity contribution in [2.45, 2.75) is 19.4 Å². The number of carbonyl (C=O) groups excluding carboxylic acids is 1. The highest BCUT2D eigenvalue weighted by Crippen LogP contribution is 2.04. The molecule has 1 aromatic heterocycles. The van der Waals surface area contributed by atoms with Crippen LogP contribution >= 0.6 is 0 Å². The minimum atomic E-state index is -0.0760. The molecule has 0 aliphatic rings. The van der Waals surface area contributed by atoms with Crippen LogP contribution in [0.15, 0.2) is 30.6 Å². The number of aromatic nitrogens is 3. The number of nitrogens with two attached hydrogens (primary N) is 1. The maximum atomic E-state index is 11.9. The van der Waals surface area contributed by atoms with Gasteiger partial charge in [-0.1, -0.05) is 12.1 Å². The summed E-state index contributed by atoms with van der Waals surface area (Å²) in [6, 6.07) is 7.34. The number of H-pyrrole nitrogens is 1. The second-order valence-electron chi connectivity index (χ2n) is 4.20. The summed E-state index contributed by atoms with van der Waals surface area (Å²) in [6.07, 6.45) is 3.06. The molecule has 0 spiro atoms. The Labute approximate surface area is 111 Å². The Hall–Kier alpha value is -2.21. The molecular formula is C13H17N5O. The lowest BCUT2D eigenvalue weighted by Gasteiger charge is -2.05. The van der Waals surface area contributed by atoms with E-state index < -0.39 is 0 Å². The first kappa shape index (κ1) is 13.2. The summed E-state index contributed by atoms with van der Waals surface area (Å²) in [4.78, 5) is 15.9. The fraction of sp³-hybridized carbons (Fsp3) is 0.308.